The van der Waals surface area contributed by atoms with Crippen LogP contribution in [0.1, 0.15) is 187 Å². The maximum atomic E-state index is 3.51. The summed E-state index contributed by atoms with van der Waals surface area (Å²) in [5.41, 5.74) is 1.26. The van der Waals surface area contributed by atoms with Gasteiger partial charge in [0.25, 0.3) is 0 Å². The lowest BCUT2D eigenvalue weighted by molar-refractivity contribution is 0.514. The maximum Gasteiger partial charge on any atom is 0.0340 e. The average molecular weight is 514 g/mol. The molecule has 0 bridgehead atoms. The second-order valence-electron chi connectivity index (χ2n) is 11.8. The number of rotatable bonds is 30. The van der Waals surface area contributed by atoms with Gasteiger partial charge in [-0.1, -0.05) is 198 Å². The number of hydrogen-bond acceptors (Lipinski definition) is 1. The number of unbranched alkanes of at least 4 members (excludes halogenated alkanes) is 27. The Morgan fingerprint density at radius 1 is 0.351 bits per heavy atom. The fourth-order valence-corrected chi connectivity index (χ4v) is 5.58. The predicted molar refractivity (Wildman–Crippen MR) is 170 cm³/mol. The van der Waals surface area contributed by atoms with Gasteiger partial charge in [-0.15, -0.1) is 0 Å². The van der Waals surface area contributed by atoms with Gasteiger partial charge in [0.2, 0.25) is 0 Å². The molecule has 0 fully saturated rings. The Morgan fingerprint density at radius 3 is 0.919 bits per heavy atom. The van der Waals surface area contributed by atoms with Crippen LogP contribution in [0.5, 0.6) is 0 Å². The first-order valence-electron chi connectivity index (χ1n) is 17.2. The molecule has 0 saturated carbocycles. The molecule has 0 saturated heterocycles. The highest BCUT2D eigenvalue weighted by molar-refractivity contribution is 5.42. The van der Waals surface area contributed by atoms with Gasteiger partial charge in [-0.2, -0.15) is 0 Å². The first kappa shape index (κ1) is 34.0. The highest BCUT2D eigenvalue weighted by Crippen LogP contribution is 2.16. The lowest BCUT2D eigenvalue weighted by Crippen LogP contribution is -2.00. The van der Waals surface area contributed by atoms with Crippen LogP contribution in [-0.4, -0.2) is 6.54 Å². The Balaban J connectivity index is 1.62. The molecule has 0 aliphatic carbocycles. The molecule has 1 nitrogen and oxygen atoms in total. The van der Waals surface area contributed by atoms with Crippen LogP contribution >= 0.6 is 0 Å². The van der Waals surface area contributed by atoms with Gasteiger partial charge in [0.1, 0.15) is 0 Å². The molecule has 0 amide bonds. The van der Waals surface area contributed by atoms with Crippen LogP contribution < -0.4 is 5.32 Å². The van der Waals surface area contributed by atoms with Crippen LogP contribution in [0.25, 0.3) is 0 Å². The summed E-state index contributed by atoms with van der Waals surface area (Å²) in [5, 5.41) is 3.51. The third-order valence-corrected chi connectivity index (χ3v) is 8.13. The van der Waals surface area contributed by atoms with Crippen molar-refractivity contribution in [2.75, 3.05) is 11.9 Å². The molecular formula is C36H67N. The van der Waals surface area contributed by atoms with Crippen molar-refractivity contribution in [3.8, 4) is 0 Å². The Morgan fingerprint density at radius 2 is 0.622 bits per heavy atom. The number of para-hydroxylation sites is 1. The molecule has 0 heterocycles. The van der Waals surface area contributed by atoms with E-state index >= 15 is 0 Å². The number of hydrogen-bond donors (Lipinski definition) is 1. The quantitative estimate of drug-likeness (QED) is 0.101. The van der Waals surface area contributed by atoms with Gasteiger partial charge >= 0.3 is 0 Å². The van der Waals surface area contributed by atoms with Crippen molar-refractivity contribution in [2.45, 2.75) is 187 Å². The molecule has 1 rings (SSSR count). The summed E-state index contributed by atoms with van der Waals surface area (Å²) in [6.45, 7) is 3.42. The molecule has 0 spiro atoms. The minimum atomic E-state index is 1.11. The lowest BCUT2D eigenvalue weighted by atomic mass is 10.0. The SMILES string of the molecule is CCCCCCCCCCCCCCCCCCCCCCCCCCCCCCNc1ccccc1. The summed E-state index contributed by atoms with van der Waals surface area (Å²) >= 11 is 0. The van der Waals surface area contributed by atoms with E-state index in [2.05, 4.69) is 42.6 Å². The zero-order valence-corrected chi connectivity index (χ0v) is 25.4. The summed E-state index contributed by atoms with van der Waals surface area (Å²) < 4.78 is 0. The molecule has 1 aromatic carbocycles. The fourth-order valence-electron chi connectivity index (χ4n) is 5.58. The molecule has 1 heteroatoms. The molecule has 0 aliphatic heterocycles. The van der Waals surface area contributed by atoms with Crippen LogP contribution in [0.15, 0.2) is 30.3 Å². The minimum absolute atomic E-state index is 1.11. The van der Waals surface area contributed by atoms with Crippen LogP contribution in [0.2, 0.25) is 0 Å². The monoisotopic (exact) mass is 514 g/mol. The van der Waals surface area contributed by atoms with Gasteiger partial charge in [-0.05, 0) is 18.6 Å². The number of nitrogens with one attached hydrogen (secondary N) is 1. The first-order chi connectivity index (χ1) is 18.4. The highest BCUT2D eigenvalue weighted by atomic mass is 14.9. The summed E-state index contributed by atoms with van der Waals surface area (Å²) in [6.07, 6.45) is 40.9. The second-order valence-corrected chi connectivity index (χ2v) is 11.8. The lowest BCUT2D eigenvalue weighted by Gasteiger charge is -2.06. The summed E-state index contributed by atoms with van der Waals surface area (Å²) in [6, 6.07) is 10.6. The van der Waals surface area contributed by atoms with E-state index in [9.17, 15) is 0 Å². The molecule has 216 valence electrons. The van der Waals surface area contributed by atoms with Crippen LogP contribution in [0.3, 0.4) is 0 Å². The largest absolute Gasteiger partial charge is 0.385 e. The Kier molecular flexibility index (Phi) is 27.2. The molecule has 37 heavy (non-hydrogen) atoms. The minimum Gasteiger partial charge on any atom is -0.385 e. The van der Waals surface area contributed by atoms with E-state index in [0.29, 0.717) is 0 Å². The van der Waals surface area contributed by atoms with Crippen molar-refractivity contribution in [3.05, 3.63) is 30.3 Å². The third kappa shape index (κ3) is 26.4. The second kappa shape index (κ2) is 29.6. The number of benzene rings is 1. The van der Waals surface area contributed by atoms with E-state index < -0.39 is 0 Å². The summed E-state index contributed by atoms with van der Waals surface area (Å²) in [7, 11) is 0. The highest BCUT2D eigenvalue weighted by Gasteiger charge is 1.97. The third-order valence-electron chi connectivity index (χ3n) is 8.13. The molecule has 1 aromatic rings. The Hall–Kier alpha value is -0.980. The Labute approximate surface area is 234 Å². The topological polar surface area (TPSA) is 12.0 Å². The van der Waals surface area contributed by atoms with E-state index in [1.54, 1.807) is 0 Å². The Bertz CT molecular complexity index is 525. The summed E-state index contributed by atoms with van der Waals surface area (Å²) in [5.74, 6) is 0. The van der Waals surface area contributed by atoms with Crippen molar-refractivity contribution in [2.24, 2.45) is 0 Å². The van der Waals surface area contributed by atoms with Gasteiger partial charge < -0.3 is 5.32 Å². The van der Waals surface area contributed by atoms with Crippen molar-refractivity contribution in [1.82, 2.24) is 0 Å². The molecular weight excluding hydrogens is 446 g/mol. The maximum absolute atomic E-state index is 3.51. The zero-order chi connectivity index (χ0) is 26.3. The van der Waals surface area contributed by atoms with E-state index in [0.717, 1.165) is 6.54 Å². The normalized spacial score (nSPS) is 11.3. The van der Waals surface area contributed by atoms with E-state index in [-0.39, 0.29) is 0 Å². The zero-order valence-electron chi connectivity index (χ0n) is 25.4. The van der Waals surface area contributed by atoms with Gasteiger partial charge in [0, 0.05) is 12.2 Å². The molecule has 0 radical (unpaired) electrons. The van der Waals surface area contributed by atoms with E-state index in [4.69, 9.17) is 0 Å². The number of anilines is 1. The molecule has 0 aliphatic rings. The van der Waals surface area contributed by atoms with Crippen molar-refractivity contribution < 1.29 is 0 Å². The van der Waals surface area contributed by atoms with Crippen molar-refractivity contribution in [3.63, 3.8) is 0 Å². The van der Waals surface area contributed by atoms with Gasteiger partial charge in [0.15, 0.2) is 0 Å². The van der Waals surface area contributed by atoms with Crippen LogP contribution in [0, 0.1) is 0 Å². The fraction of sp³-hybridized carbons (Fsp3) is 0.833. The van der Waals surface area contributed by atoms with Crippen molar-refractivity contribution >= 4 is 5.69 Å². The molecule has 0 atom stereocenters. The van der Waals surface area contributed by atoms with Crippen LogP contribution in [-0.2, 0) is 0 Å². The molecule has 0 aromatic heterocycles. The van der Waals surface area contributed by atoms with Crippen molar-refractivity contribution in [1.29, 1.82) is 0 Å². The molecule has 1 N–H and O–H groups in total. The predicted octanol–water partition coefficient (Wildman–Crippen LogP) is 13.0. The smallest absolute Gasteiger partial charge is 0.0340 e. The van der Waals surface area contributed by atoms with Gasteiger partial charge in [0.05, 0.1) is 0 Å². The van der Waals surface area contributed by atoms with Crippen LogP contribution in [0.4, 0.5) is 5.69 Å². The molecule has 0 unspecified atom stereocenters. The van der Waals surface area contributed by atoms with Gasteiger partial charge in [-0.25, -0.2) is 0 Å². The average Bonchev–Trinajstić information content (AvgIpc) is 2.93. The van der Waals surface area contributed by atoms with E-state index in [1.807, 2.05) is 0 Å². The van der Waals surface area contributed by atoms with Gasteiger partial charge in [-0.3, -0.25) is 0 Å². The first-order valence-corrected chi connectivity index (χ1v) is 17.2. The standard InChI is InChI=1S/C36H67N/c1-2-3-4-5-6-7-8-9-10-11-12-13-14-15-16-17-18-19-20-21-22-23-24-25-26-27-28-32-35-37-36-33-30-29-31-34-36/h29-31,33-34,37H,2-28,32,35H2,1H3. The van der Waals surface area contributed by atoms with E-state index in [1.165, 1.54) is 185 Å². The summed E-state index contributed by atoms with van der Waals surface area (Å²) in [4.78, 5) is 0.